The van der Waals surface area contributed by atoms with Crippen LogP contribution in [0, 0.1) is 10.1 Å². The van der Waals surface area contributed by atoms with Crippen LogP contribution in [0.4, 0.5) is 10.5 Å². The van der Waals surface area contributed by atoms with Crippen molar-refractivity contribution in [3.8, 4) is 5.75 Å². The summed E-state index contributed by atoms with van der Waals surface area (Å²) in [5.74, 6) is -1.18. The van der Waals surface area contributed by atoms with Crippen LogP contribution in [0.1, 0.15) is 31.9 Å². The lowest BCUT2D eigenvalue weighted by Gasteiger charge is -2.20. The van der Waals surface area contributed by atoms with E-state index in [-0.39, 0.29) is 29.3 Å². The number of aromatic hydroxyl groups is 1. The van der Waals surface area contributed by atoms with Crippen LogP contribution in [0.5, 0.6) is 5.75 Å². The zero-order valence-electron chi connectivity index (χ0n) is 16.7. The van der Waals surface area contributed by atoms with Gasteiger partial charge in [0.2, 0.25) is 0 Å². The van der Waals surface area contributed by atoms with Gasteiger partial charge in [-0.05, 0) is 44.5 Å². The molecule has 1 amide bonds. The van der Waals surface area contributed by atoms with E-state index in [4.69, 9.17) is 9.47 Å². The normalized spacial score (nSPS) is 11.5. The molecule has 9 nitrogen and oxygen atoms in total. The summed E-state index contributed by atoms with van der Waals surface area (Å²) in [6.45, 7) is 4.85. The molecule has 0 aromatic heterocycles. The number of benzene rings is 2. The molecule has 0 aliphatic carbocycles. The Balaban J connectivity index is 2.34. The van der Waals surface area contributed by atoms with Crippen molar-refractivity contribution < 1.29 is 29.1 Å². The van der Waals surface area contributed by atoms with E-state index >= 15 is 0 Å². The number of nitrogens with one attached hydrogen (secondary N) is 1. The van der Waals surface area contributed by atoms with Crippen LogP contribution in [0.15, 0.2) is 54.2 Å². The van der Waals surface area contributed by atoms with Gasteiger partial charge in [-0.1, -0.05) is 30.3 Å². The van der Waals surface area contributed by atoms with Gasteiger partial charge in [-0.3, -0.25) is 15.4 Å². The number of phenolic OH excluding ortho intramolecular Hbond substituents is 1. The lowest BCUT2D eigenvalue weighted by molar-refractivity contribution is -0.385. The van der Waals surface area contributed by atoms with Crippen molar-refractivity contribution >= 4 is 23.8 Å². The first-order chi connectivity index (χ1) is 14.0. The molecule has 0 fully saturated rings. The molecule has 2 aromatic rings. The topological polar surface area (TPSA) is 128 Å². The van der Waals surface area contributed by atoms with Gasteiger partial charge >= 0.3 is 12.1 Å². The molecule has 0 aliphatic heterocycles. The number of amides is 1. The highest BCUT2D eigenvalue weighted by atomic mass is 16.6. The molecule has 2 aromatic carbocycles. The fourth-order valence-electron chi connectivity index (χ4n) is 2.34. The number of rotatable bonds is 6. The van der Waals surface area contributed by atoms with Crippen LogP contribution in [0.25, 0.3) is 6.08 Å². The van der Waals surface area contributed by atoms with Crippen molar-refractivity contribution in [3.05, 3.63) is 75.5 Å². The van der Waals surface area contributed by atoms with Crippen LogP contribution in [0.3, 0.4) is 0 Å². The zero-order valence-corrected chi connectivity index (χ0v) is 16.7. The molecule has 158 valence electrons. The number of nitro groups is 1. The van der Waals surface area contributed by atoms with Gasteiger partial charge in [0.1, 0.15) is 23.7 Å². The average Bonchev–Trinajstić information content (AvgIpc) is 2.64. The monoisotopic (exact) mass is 414 g/mol. The lowest BCUT2D eigenvalue weighted by atomic mass is 10.1. The molecule has 2 rings (SSSR count). The van der Waals surface area contributed by atoms with Crippen LogP contribution in [-0.4, -0.2) is 27.7 Å². The number of phenols is 1. The quantitative estimate of drug-likeness (QED) is 0.317. The highest BCUT2D eigenvalue weighted by molar-refractivity contribution is 5.97. The molecule has 30 heavy (non-hydrogen) atoms. The first kappa shape index (κ1) is 22.4. The van der Waals surface area contributed by atoms with Crippen molar-refractivity contribution in [2.45, 2.75) is 33.0 Å². The largest absolute Gasteiger partial charge is 0.508 e. The van der Waals surface area contributed by atoms with Gasteiger partial charge in [-0.25, -0.2) is 9.59 Å². The summed E-state index contributed by atoms with van der Waals surface area (Å²) < 4.78 is 10.4. The molecule has 0 aliphatic rings. The number of hydrogen-bond donors (Lipinski definition) is 2. The SMILES string of the molecule is CC(C)(C)OC(=O)NC(=Cc1cc(O)ccc1[N+](=O)[O-])C(=O)OCc1ccccc1. The summed E-state index contributed by atoms with van der Waals surface area (Å²) in [5.41, 5.74) is -0.963. The Morgan fingerprint density at radius 3 is 2.43 bits per heavy atom. The van der Waals surface area contributed by atoms with Crippen molar-refractivity contribution in [1.82, 2.24) is 5.32 Å². The zero-order chi connectivity index (χ0) is 22.3. The summed E-state index contributed by atoms with van der Waals surface area (Å²) in [4.78, 5) is 35.3. The number of esters is 1. The number of ether oxygens (including phenoxy) is 2. The Labute approximate surface area is 173 Å². The summed E-state index contributed by atoms with van der Waals surface area (Å²) in [6, 6.07) is 12.2. The molecule has 0 bridgehead atoms. The van der Waals surface area contributed by atoms with Gasteiger partial charge in [-0.15, -0.1) is 0 Å². The summed E-state index contributed by atoms with van der Waals surface area (Å²) in [6.07, 6.45) is 0.114. The number of nitrogens with zero attached hydrogens (tertiary/aromatic N) is 1. The lowest BCUT2D eigenvalue weighted by Crippen LogP contribution is -2.34. The second-order valence-electron chi connectivity index (χ2n) is 7.25. The van der Waals surface area contributed by atoms with E-state index in [0.29, 0.717) is 5.56 Å². The third kappa shape index (κ3) is 6.93. The predicted octanol–water partition coefficient (Wildman–Crippen LogP) is 3.91. The Hall–Kier alpha value is -3.88. The Morgan fingerprint density at radius 1 is 1.17 bits per heavy atom. The fourth-order valence-corrected chi connectivity index (χ4v) is 2.34. The van der Waals surface area contributed by atoms with Gasteiger partial charge in [-0.2, -0.15) is 0 Å². The van der Waals surface area contributed by atoms with E-state index in [2.05, 4.69) is 5.32 Å². The molecule has 2 N–H and O–H groups in total. The number of nitro benzene ring substituents is 1. The first-order valence-corrected chi connectivity index (χ1v) is 8.95. The molecule has 0 saturated carbocycles. The van der Waals surface area contributed by atoms with Gasteiger partial charge in [0.05, 0.1) is 10.5 Å². The van der Waals surface area contributed by atoms with Crippen LogP contribution >= 0.6 is 0 Å². The highest BCUT2D eigenvalue weighted by Crippen LogP contribution is 2.25. The molecule has 0 heterocycles. The Morgan fingerprint density at radius 2 is 1.83 bits per heavy atom. The molecular weight excluding hydrogens is 392 g/mol. The molecule has 9 heteroatoms. The predicted molar refractivity (Wildman–Crippen MR) is 108 cm³/mol. The van der Waals surface area contributed by atoms with E-state index in [9.17, 15) is 24.8 Å². The van der Waals surface area contributed by atoms with E-state index in [1.807, 2.05) is 6.07 Å². The fraction of sp³-hybridized carbons (Fsp3) is 0.238. The first-order valence-electron chi connectivity index (χ1n) is 8.95. The maximum atomic E-state index is 12.6. The van der Waals surface area contributed by atoms with Gasteiger partial charge in [0.25, 0.3) is 5.69 Å². The third-order valence-corrected chi connectivity index (χ3v) is 3.58. The number of alkyl carbamates (subject to hydrolysis) is 1. The van der Waals surface area contributed by atoms with Crippen molar-refractivity contribution in [1.29, 1.82) is 0 Å². The van der Waals surface area contributed by atoms with Crippen LogP contribution in [-0.2, 0) is 20.9 Å². The van der Waals surface area contributed by atoms with Crippen molar-refractivity contribution in [2.24, 2.45) is 0 Å². The van der Waals surface area contributed by atoms with E-state index in [1.165, 1.54) is 0 Å². The Kier molecular flexibility index (Phi) is 7.13. The van der Waals surface area contributed by atoms with Crippen molar-refractivity contribution in [3.63, 3.8) is 0 Å². The minimum Gasteiger partial charge on any atom is -0.508 e. The second kappa shape index (κ2) is 9.55. The van der Waals surface area contributed by atoms with E-state index in [0.717, 1.165) is 24.3 Å². The second-order valence-corrected chi connectivity index (χ2v) is 7.25. The third-order valence-electron chi connectivity index (χ3n) is 3.58. The molecular formula is C21H22N2O7. The summed E-state index contributed by atoms with van der Waals surface area (Å²) in [7, 11) is 0. The van der Waals surface area contributed by atoms with E-state index in [1.54, 1.807) is 45.0 Å². The van der Waals surface area contributed by atoms with Crippen molar-refractivity contribution in [2.75, 3.05) is 0 Å². The molecule has 0 atom stereocenters. The Bertz CT molecular complexity index is 963. The van der Waals surface area contributed by atoms with E-state index < -0.39 is 22.6 Å². The van der Waals surface area contributed by atoms with Crippen LogP contribution in [0.2, 0.25) is 0 Å². The summed E-state index contributed by atoms with van der Waals surface area (Å²) >= 11 is 0. The minimum atomic E-state index is -0.937. The smallest absolute Gasteiger partial charge is 0.412 e. The maximum Gasteiger partial charge on any atom is 0.412 e. The minimum absolute atomic E-state index is 0.0743. The number of carbonyl (C=O) groups excluding carboxylic acids is 2. The summed E-state index contributed by atoms with van der Waals surface area (Å²) in [5, 5.41) is 23.2. The molecule has 0 saturated heterocycles. The molecule has 0 radical (unpaired) electrons. The number of hydrogen-bond acceptors (Lipinski definition) is 7. The molecule has 0 unspecified atom stereocenters. The van der Waals surface area contributed by atoms with Gasteiger partial charge in [0.15, 0.2) is 0 Å². The molecule has 0 spiro atoms. The van der Waals surface area contributed by atoms with Gasteiger partial charge in [0, 0.05) is 6.07 Å². The van der Waals surface area contributed by atoms with Crippen LogP contribution < -0.4 is 5.32 Å². The average molecular weight is 414 g/mol. The van der Waals surface area contributed by atoms with Gasteiger partial charge < -0.3 is 14.6 Å². The maximum absolute atomic E-state index is 12.6. The standard InChI is InChI=1S/C21H22N2O7/c1-21(2,3)30-20(26)22-17(19(25)29-13-14-7-5-4-6-8-14)12-15-11-16(24)9-10-18(15)23(27)28/h4-12,24H,13H2,1-3H3,(H,22,26). The highest BCUT2D eigenvalue weighted by Gasteiger charge is 2.22. The number of carbonyl (C=O) groups is 2.